The first kappa shape index (κ1) is 12.0. The first-order valence-corrected chi connectivity index (χ1v) is 5.82. The van der Waals surface area contributed by atoms with E-state index in [2.05, 4.69) is 0 Å². The van der Waals surface area contributed by atoms with Crippen LogP contribution in [0, 0.1) is 11.7 Å². The molecule has 0 radical (unpaired) electrons. The van der Waals surface area contributed by atoms with E-state index in [1.165, 1.54) is 12.1 Å². The van der Waals surface area contributed by atoms with Crippen molar-refractivity contribution in [1.82, 2.24) is 0 Å². The lowest BCUT2D eigenvalue weighted by molar-refractivity contribution is -0.148. The fourth-order valence-electron chi connectivity index (χ4n) is 2.32. The number of carbonyl (C=O) groups excluding carboxylic acids is 1. The molecule has 0 saturated carbocycles. The van der Waals surface area contributed by atoms with Gasteiger partial charge in [0.25, 0.3) is 0 Å². The van der Waals surface area contributed by atoms with E-state index in [0.29, 0.717) is 19.4 Å². The second kappa shape index (κ2) is 4.84. The Morgan fingerprint density at radius 2 is 2.35 bits per heavy atom. The Morgan fingerprint density at radius 1 is 1.59 bits per heavy atom. The van der Waals surface area contributed by atoms with Gasteiger partial charge in [-0.3, -0.25) is 4.79 Å². The number of halogens is 1. The standard InChI is InChI=1S/C13H16FNO2/c1-2-17-13(16)9-5-8-3-4-10(14)7-11(8)12(15)6-9/h3-4,7,9,12H,2,5-6,15H2,1H3/t9-,12+/m0/s1. The van der Waals surface area contributed by atoms with Gasteiger partial charge in [0, 0.05) is 6.04 Å². The van der Waals surface area contributed by atoms with Crippen molar-refractivity contribution in [1.29, 1.82) is 0 Å². The van der Waals surface area contributed by atoms with Gasteiger partial charge in [0.15, 0.2) is 0 Å². The van der Waals surface area contributed by atoms with Gasteiger partial charge in [0.1, 0.15) is 5.82 Å². The van der Waals surface area contributed by atoms with Crippen molar-refractivity contribution in [3.05, 3.63) is 35.1 Å². The van der Waals surface area contributed by atoms with Crippen molar-refractivity contribution in [2.24, 2.45) is 11.7 Å². The van der Waals surface area contributed by atoms with E-state index < -0.39 is 0 Å². The summed E-state index contributed by atoms with van der Waals surface area (Å²) in [7, 11) is 0. The maximum Gasteiger partial charge on any atom is 0.309 e. The summed E-state index contributed by atoms with van der Waals surface area (Å²) in [5.41, 5.74) is 7.72. The molecule has 0 heterocycles. The molecule has 1 aliphatic carbocycles. The molecule has 3 nitrogen and oxygen atoms in total. The van der Waals surface area contributed by atoms with Crippen LogP contribution in [0.5, 0.6) is 0 Å². The van der Waals surface area contributed by atoms with Gasteiger partial charge in [-0.05, 0) is 43.0 Å². The Kier molecular flexibility index (Phi) is 3.43. The van der Waals surface area contributed by atoms with Crippen LogP contribution in [0.25, 0.3) is 0 Å². The lowest BCUT2D eigenvalue weighted by Crippen LogP contribution is -2.30. The van der Waals surface area contributed by atoms with Crippen molar-refractivity contribution in [3.8, 4) is 0 Å². The van der Waals surface area contributed by atoms with Crippen LogP contribution in [0.15, 0.2) is 18.2 Å². The van der Waals surface area contributed by atoms with E-state index in [0.717, 1.165) is 11.1 Å². The average Bonchev–Trinajstić information content (AvgIpc) is 2.30. The average molecular weight is 237 g/mol. The number of benzene rings is 1. The van der Waals surface area contributed by atoms with Crippen LogP contribution >= 0.6 is 0 Å². The molecule has 0 unspecified atom stereocenters. The Bertz CT molecular complexity index is 433. The number of carbonyl (C=O) groups is 1. The number of ether oxygens (including phenoxy) is 1. The van der Waals surface area contributed by atoms with E-state index in [9.17, 15) is 9.18 Å². The SMILES string of the molecule is CCOC(=O)[C@H]1Cc2ccc(F)cc2[C@H](N)C1. The van der Waals surface area contributed by atoms with Gasteiger partial charge in [-0.2, -0.15) is 0 Å². The van der Waals surface area contributed by atoms with Crippen LogP contribution in [-0.4, -0.2) is 12.6 Å². The summed E-state index contributed by atoms with van der Waals surface area (Å²) in [6.45, 7) is 2.16. The molecule has 2 N–H and O–H groups in total. The third-order valence-corrected chi connectivity index (χ3v) is 3.13. The highest BCUT2D eigenvalue weighted by molar-refractivity contribution is 5.73. The minimum atomic E-state index is -0.288. The van der Waals surface area contributed by atoms with Crippen molar-refractivity contribution in [2.75, 3.05) is 6.61 Å². The molecule has 1 aromatic rings. The highest BCUT2D eigenvalue weighted by atomic mass is 19.1. The maximum atomic E-state index is 13.1. The summed E-state index contributed by atoms with van der Waals surface area (Å²) in [5, 5.41) is 0. The molecule has 0 spiro atoms. The Morgan fingerprint density at radius 3 is 3.06 bits per heavy atom. The Hall–Kier alpha value is -1.42. The number of nitrogens with two attached hydrogens (primary N) is 1. The van der Waals surface area contributed by atoms with Gasteiger partial charge >= 0.3 is 5.97 Å². The largest absolute Gasteiger partial charge is 0.466 e. The highest BCUT2D eigenvalue weighted by Crippen LogP contribution is 2.32. The molecule has 2 rings (SSSR count). The van der Waals surface area contributed by atoms with Crippen molar-refractivity contribution < 1.29 is 13.9 Å². The molecule has 1 aromatic carbocycles. The van der Waals surface area contributed by atoms with Crippen LogP contribution in [0.1, 0.15) is 30.5 Å². The highest BCUT2D eigenvalue weighted by Gasteiger charge is 2.30. The van der Waals surface area contributed by atoms with Gasteiger partial charge in [-0.15, -0.1) is 0 Å². The summed E-state index contributed by atoms with van der Waals surface area (Å²) in [6.07, 6.45) is 1.11. The zero-order chi connectivity index (χ0) is 12.4. The fourth-order valence-corrected chi connectivity index (χ4v) is 2.32. The smallest absolute Gasteiger partial charge is 0.309 e. The molecule has 2 atom stereocenters. The molecule has 17 heavy (non-hydrogen) atoms. The molecule has 0 aromatic heterocycles. The van der Waals surface area contributed by atoms with Crippen LogP contribution in [0.2, 0.25) is 0 Å². The van der Waals surface area contributed by atoms with E-state index >= 15 is 0 Å². The topological polar surface area (TPSA) is 52.3 Å². The molecule has 0 amide bonds. The van der Waals surface area contributed by atoms with Crippen LogP contribution in [0.3, 0.4) is 0 Å². The number of fused-ring (bicyclic) bond motifs is 1. The zero-order valence-electron chi connectivity index (χ0n) is 9.78. The normalized spacial score (nSPS) is 23.0. The van der Waals surface area contributed by atoms with E-state index in [-0.39, 0.29) is 23.7 Å². The Balaban J connectivity index is 2.21. The molecule has 0 saturated heterocycles. The molecule has 0 aliphatic heterocycles. The summed E-state index contributed by atoms with van der Waals surface area (Å²) >= 11 is 0. The third kappa shape index (κ3) is 2.47. The number of rotatable bonds is 2. The Labute approximate surface area is 99.8 Å². The summed E-state index contributed by atoms with van der Waals surface area (Å²) < 4.78 is 18.1. The van der Waals surface area contributed by atoms with Crippen molar-refractivity contribution >= 4 is 5.97 Å². The summed E-state index contributed by atoms with van der Waals surface area (Å²) in [4.78, 5) is 11.7. The summed E-state index contributed by atoms with van der Waals surface area (Å²) in [5.74, 6) is -0.699. The second-order valence-electron chi connectivity index (χ2n) is 4.34. The van der Waals surface area contributed by atoms with Gasteiger partial charge in [-0.25, -0.2) is 4.39 Å². The monoisotopic (exact) mass is 237 g/mol. The number of esters is 1. The molecule has 0 bridgehead atoms. The minimum absolute atomic E-state index is 0.206. The van der Waals surface area contributed by atoms with Crippen molar-refractivity contribution in [2.45, 2.75) is 25.8 Å². The molecular formula is C13H16FNO2. The van der Waals surface area contributed by atoms with Gasteiger partial charge < -0.3 is 10.5 Å². The minimum Gasteiger partial charge on any atom is -0.466 e. The van der Waals surface area contributed by atoms with Gasteiger partial charge in [0.2, 0.25) is 0 Å². The molecule has 1 aliphatic rings. The third-order valence-electron chi connectivity index (χ3n) is 3.13. The fraction of sp³-hybridized carbons (Fsp3) is 0.462. The lowest BCUT2D eigenvalue weighted by Gasteiger charge is -2.28. The molecule has 0 fully saturated rings. The first-order valence-electron chi connectivity index (χ1n) is 5.82. The van der Waals surface area contributed by atoms with E-state index in [1.807, 2.05) is 0 Å². The predicted molar refractivity (Wildman–Crippen MR) is 61.8 cm³/mol. The second-order valence-corrected chi connectivity index (χ2v) is 4.34. The predicted octanol–water partition coefficient (Wildman–Crippen LogP) is 1.95. The first-order chi connectivity index (χ1) is 8.11. The maximum absolute atomic E-state index is 13.1. The number of hydrogen-bond donors (Lipinski definition) is 1. The summed E-state index contributed by atoms with van der Waals surface area (Å²) in [6, 6.07) is 4.28. The van der Waals surface area contributed by atoms with Crippen LogP contribution < -0.4 is 5.73 Å². The van der Waals surface area contributed by atoms with Crippen molar-refractivity contribution in [3.63, 3.8) is 0 Å². The van der Waals surface area contributed by atoms with Crippen LogP contribution in [0.4, 0.5) is 4.39 Å². The van der Waals surface area contributed by atoms with E-state index in [4.69, 9.17) is 10.5 Å². The van der Waals surface area contributed by atoms with Crippen LogP contribution in [-0.2, 0) is 16.0 Å². The zero-order valence-corrected chi connectivity index (χ0v) is 9.78. The molecule has 92 valence electrons. The van der Waals surface area contributed by atoms with Gasteiger partial charge in [-0.1, -0.05) is 6.07 Å². The number of hydrogen-bond acceptors (Lipinski definition) is 3. The van der Waals surface area contributed by atoms with Gasteiger partial charge in [0.05, 0.1) is 12.5 Å². The quantitative estimate of drug-likeness (QED) is 0.800. The molecular weight excluding hydrogens is 221 g/mol. The van der Waals surface area contributed by atoms with E-state index in [1.54, 1.807) is 13.0 Å². The lowest BCUT2D eigenvalue weighted by atomic mass is 9.81. The molecule has 4 heteroatoms.